The molecule has 0 spiro atoms. The van der Waals surface area contributed by atoms with Crippen molar-refractivity contribution in [3.05, 3.63) is 30.2 Å². The number of rotatable bonds is 5. The third-order valence-electron chi connectivity index (χ3n) is 4.75. The summed E-state index contributed by atoms with van der Waals surface area (Å²) in [6.07, 6.45) is 8.03. The van der Waals surface area contributed by atoms with Crippen molar-refractivity contribution in [1.29, 1.82) is 0 Å². The highest BCUT2D eigenvalue weighted by atomic mass is 28.3. The third kappa shape index (κ3) is 5.74. The maximum Gasteiger partial charge on any atom is 0.224 e. The molecule has 2 aromatic rings. The minimum Gasteiger partial charge on any atom is -0.360 e. The van der Waals surface area contributed by atoms with Crippen LogP contribution in [0, 0.1) is 0 Å². The molecule has 0 fully saturated rings. The SMILES string of the molecule is C[Si](C)(C)CCOCn1ncc2c1-c1ccnc(c1)CCCCCC(=O)N2. The predicted octanol–water partition coefficient (Wildman–Crippen LogP) is 4.31. The Hall–Kier alpha value is -1.99. The number of aryl methyl sites for hydroxylation is 1. The lowest BCUT2D eigenvalue weighted by atomic mass is 10.1. The molecule has 1 N–H and O–H groups in total. The van der Waals surface area contributed by atoms with Crippen molar-refractivity contribution in [2.75, 3.05) is 11.9 Å². The van der Waals surface area contributed by atoms with Gasteiger partial charge in [-0.15, -0.1) is 0 Å². The van der Waals surface area contributed by atoms with E-state index in [1.165, 1.54) is 0 Å². The van der Waals surface area contributed by atoms with Gasteiger partial charge in [0.05, 0.1) is 17.6 Å². The smallest absolute Gasteiger partial charge is 0.224 e. The number of hydrogen-bond acceptors (Lipinski definition) is 4. The van der Waals surface area contributed by atoms with Crippen LogP contribution in [0.1, 0.15) is 31.4 Å². The van der Waals surface area contributed by atoms with Gasteiger partial charge in [0.25, 0.3) is 0 Å². The van der Waals surface area contributed by atoms with Gasteiger partial charge < -0.3 is 10.1 Å². The van der Waals surface area contributed by atoms with Crippen molar-refractivity contribution >= 4 is 19.7 Å². The first-order valence-electron chi connectivity index (χ1n) is 9.81. The molecule has 7 heteroatoms. The van der Waals surface area contributed by atoms with Crippen LogP contribution in [0.5, 0.6) is 0 Å². The van der Waals surface area contributed by atoms with Crippen molar-refractivity contribution in [1.82, 2.24) is 14.8 Å². The molecular weight excluding hydrogens is 356 g/mol. The molecule has 0 radical (unpaired) electrons. The number of amides is 1. The van der Waals surface area contributed by atoms with Crippen molar-refractivity contribution < 1.29 is 9.53 Å². The Balaban J connectivity index is 1.85. The van der Waals surface area contributed by atoms with E-state index in [1.54, 1.807) is 6.20 Å². The van der Waals surface area contributed by atoms with E-state index in [2.05, 4.69) is 41.1 Å². The van der Waals surface area contributed by atoms with Crippen LogP contribution in [0.4, 0.5) is 5.69 Å². The van der Waals surface area contributed by atoms with Crippen LogP contribution >= 0.6 is 0 Å². The molecule has 0 saturated carbocycles. The molecule has 1 amide bonds. The number of aromatic nitrogens is 3. The van der Waals surface area contributed by atoms with Gasteiger partial charge in [-0.25, -0.2) is 4.68 Å². The highest BCUT2D eigenvalue weighted by Crippen LogP contribution is 2.29. The number of anilines is 1. The minimum atomic E-state index is -1.12. The third-order valence-corrected chi connectivity index (χ3v) is 6.45. The standard InChI is InChI=1S/C20H30N4O2Si/c1-27(2,3)12-11-26-15-24-20-16-9-10-21-17(13-16)7-5-4-6-8-19(25)23-18(20)14-22-24/h9-10,13-14H,4-8,11-12,15H2,1-3H3,(H,23,25). The number of carbonyl (C=O) groups is 1. The zero-order valence-electron chi connectivity index (χ0n) is 16.6. The van der Waals surface area contributed by atoms with Gasteiger partial charge in [0.1, 0.15) is 6.73 Å². The summed E-state index contributed by atoms with van der Waals surface area (Å²) in [5.74, 6) is 0.0466. The zero-order valence-corrected chi connectivity index (χ0v) is 17.6. The lowest BCUT2D eigenvalue weighted by Crippen LogP contribution is -2.22. The quantitative estimate of drug-likeness (QED) is 0.614. The topological polar surface area (TPSA) is 69.0 Å². The van der Waals surface area contributed by atoms with E-state index in [0.29, 0.717) is 13.2 Å². The van der Waals surface area contributed by atoms with Crippen LogP contribution in [0.2, 0.25) is 25.7 Å². The highest BCUT2D eigenvalue weighted by molar-refractivity contribution is 6.76. The second kappa shape index (κ2) is 8.80. The number of fused-ring (bicyclic) bond motifs is 4. The van der Waals surface area contributed by atoms with E-state index in [1.807, 2.05) is 16.9 Å². The fraction of sp³-hybridized carbons (Fsp3) is 0.550. The molecule has 1 aliphatic rings. The Morgan fingerprint density at radius 1 is 1.22 bits per heavy atom. The van der Waals surface area contributed by atoms with Gasteiger partial charge in [0.15, 0.2) is 0 Å². The normalized spacial score (nSPS) is 15.4. The second-order valence-electron chi connectivity index (χ2n) is 8.40. The molecule has 1 aliphatic heterocycles. The molecule has 2 bridgehead atoms. The predicted molar refractivity (Wildman–Crippen MR) is 110 cm³/mol. The van der Waals surface area contributed by atoms with Crippen LogP contribution in [-0.4, -0.2) is 35.4 Å². The highest BCUT2D eigenvalue weighted by Gasteiger charge is 2.18. The first kappa shape index (κ1) is 19.8. The average Bonchev–Trinajstić information content (AvgIpc) is 2.99. The fourth-order valence-electron chi connectivity index (χ4n) is 3.15. The van der Waals surface area contributed by atoms with Crippen molar-refractivity contribution in [2.24, 2.45) is 0 Å². The van der Waals surface area contributed by atoms with Crippen LogP contribution < -0.4 is 5.32 Å². The molecule has 3 heterocycles. The maximum atomic E-state index is 12.3. The number of ether oxygens (including phenoxy) is 1. The van der Waals surface area contributed by atoms with E-state index in [0.717, 1.165) is 61.0 Å². The van der Waals surface area contributed by atoms with Crippen LogP contribution in [-0.2, 0) is 22.7 Å². The van der Waals surface area contributed by atoms with Crippen molar-refractivity contribution in [2.45, 2.75) is 64.5 Å². The summed E-state index contributed by atoms with van der Waals surface area (Å²) in [5.41, 5.74) is 3.73. The fourth-order valence-corrected chi connectivity index (χ4v) is 3.91. The molecule has 0 aromatic carbocycles. The average molecular weight is 387 g/mol. The van der Waals surface area contributed by atoms with E-state index in [-0.39, 0.29) is 5.91 Å². The van der Waals surface area contributed by atoms with Gasteiger partial charge in [-0.1, -0.05) is 26.1 Å². The van der Waals surface area contributed by atoms with E-state index < -0.39 is 8.07 Å². The van der Waals surface area contributed by atoms with Crippen LogP contribution in [0.25, 0.3) is 11.3 Å². The van der Waals surface area contributed by atoms with Gasteiger partial charge in [-0.2, -0.15) is 5.10 Å². The molecular formula is C20H30N4O2Si. The number of pyridine rings is 1. The van der Waals surface area contributed by atoms with Crippen molar-refractivity contribution in [3.63, 3.8) is 0 Å². The summed E-state index contributed by atoms with van der Waals surface area (Å²) in [5, 5.41) is 7.51. The Kier molecular flexibility index (Phi) is 6.44. The molecule has 3 rings (SSSR count). The molecule has 0 atom stereocenters. The minimum absolute atomic E-state index is 0.0466. The number of nitrogens with zero attached hydrogens (tertiary/aromatic N) is 3. The van der Waals surface area contributed by atoms with Crippen molar-refractivity contribution in [3.8, 4) is 11.3 Å². The van der Waals surface area contributed by atoms with Gasteiger partial charge in [0.2, 0.25) is 5.91 Å². The molecule has 6 nitrogen and oxygen atoms in total. The van der Waals surface area contributed by atoms with E-state index >= 15 is 0 Å². The summed E-state index contributed by atoms with van der Waals surface area (Å²) in [6, 6.07) is 5.19. The largest absolute Gasteiger partial charge is 0.360 e. The summed E-state index contributed by atoms with van der Waals surface area (Å²) in [4.78, 5) is 16.8. The first-order valence-corrected chi connectivity index (χ1v) is 13.5. The first-order chi connectivity index (χ1) is 12.9. The molecule has 0 saturated heterocycles. The lowest BCUT2D eigenvalue weighted by molar-refractivity contribution is -0.116. The second-order valence-corrected chi connectivity index (χ2v) is 14.0. The number of carbonyl (C=O) groups excluding carboxylic acids is 1. The summed E-state index contributed by atoms with van der Waals surface area (Å²) < 4.78 is 7.74. The van der Waals surface area contributed by atoms with Crippen LogP contribution in [0.15, 0.2) is 24.5 Å². The van der Waals surface area contributed by atoms with Gasteiger partial charge in [-0.3, -0.25) is 9.78 Å². The Morgan fingerprint density at radius 3 is 2.85 bits per heavy atom. The van der Waals surface area contributed by atoms with Gasteiger partial charge >= 0.3 is 0 Å². The summed E-state index contributed by atoms with van der Waals surface area (Å²) >= 11 is 0. The Labute approximate surface area is 162 Å². The molecule has 27 heavy (non-hydrogen) atoms. The number of nitrogens with one attached hydrogen (secondary N) is 1. The monoisotopic (exact) mass is 386 g/mol. The lowest BCUT2D eigenvalue weighted by Gasteiger charge is -2.16. The Morgan fingerprint density at radius 2 is 2.04 bits per heavy atom. The Bertz CT molecular complexity index is 783. The summed E-state index contributed by atoms with van der Waals surface area (Å²) in [7, 11) is -1.12. The maximum absolute atomic E-state index is 12.3. The molecule has 2 aromatic heterocycles. The molecule has 146 valence electrons. The van der Waals surface area contributed by atoms with Gasteiger partial charge in [-0.05, 0) is 37.4 Å². The molecule has 0 aliphatic carbocycles. The van der Waals surface area contributed by atoms with E-state index in [9.17, 15) is 4.79 Å². The van der Waals surface area contributed by atoms with Crippen LogP contribution in [0.3, 0.4) is 0 Å². The summed E-state index contributed by atoms with van der Waals surface area (Å²) in [6.45, 7) is 8.13. The number of hydrogen-bond donors (Lipinski definition) is 1. The molecule has 0 unspecified atom stereocenters. The van der Waals surface area contributed by atoms with Gasteiger partial charge in [0, 0.05) is 38.6 Å². The zero-order chi connectivity index (χ0) is 19.3. The van der Waals surface area contributed by atoms with E-state index in [4.69, 9.17) is 4.74 Å².